The fourth-order valence-electron chi connectivity index (χ4n) is 2.60. The maximum Gasteiger partial charge on any atom is 0.137 e. The van der Waals surface area contributed by atoms with Crippen molar-refractivity contribution in [2.45, 2.75) is 0 Å². The number of nitrogens with zero attached hydrogens (tertiary/aromatic N) is 3. The lowest BCUT2D eigenvalue weighted by Gasteiger charge is -2.01. The summed E-state index contributed by atoms with van der Waals surface area (Å²) in [4.78, 5) is 7.62. The number of rotatable bonds is 2. The van der Waals surface area contributed by atoms with E-state index in [4.69, 9.17) is 0 Å². The third-order valence-electron chi connectivity index (χ3n) is 3.72. The summed E-state index contributed by atoms with van der Waals surface area (Å²) in [6.07, 6.45) is 7.49. The topological polar surface area (TPSA) is 46.5 Å². The quantitative estimate of drug-likeness (QED) is 0.611. The van der Waals surface area contributed by atoms with Crippen LogP contribution in [0.25, 0.3) is 33.3 Å². The van der Waals surface area contributed by atoms with E-state index in [0.717, 1.165) is 33.3 Å². The Balaban J connectivity index is 1.88. The lowest BCUT2D eigenvalue weighted by molar-refractivity contribution is 0.628. The Hall–Kier alpha value is -2.95. The van der Waals surface area contributed by atoms with Crippen LogP contribution in [0.3, 0.4) is 0 Å². The van der Waals surface area contributed by atoms with E-state index in [1.807, 2.05) is 31.8 Å². The van der Waals surface area contributed by atoms with Crippen LogP contribution in [0.4, 0.5) is 4.39 Å². The highest BCUT2D eigenvalue weighted by Crippen LogP contribution is 2.30. The summed E-state index contributed by atoms with van der Waals surface area (Å²) in [5.41, 5.74) is 4.80. The number of fused-ring (bicyclic) bond motifs is 1. The summed E-state index contributed by atoms with van der Waals surface area (Å²) in [6.45, 7) is 0. The van der Waals surface area contributed by atoms with Crippen molar-refractivity contribution >= 4 is 11.0 Å². The smallest absolute Gasteiger partial charge is 0.137 e. The zero-order valence-corrected chi connectivity index (χ0v) is 11.9. The van der Waals surface area contributed by atoms with E-state index < -0.39 is 0 Å². The van der Waals surface area contributed by atoms with Gasteiger partial charge in [0.05, 0.1) is 6.20 Å². The van der Waals surface area contributed by atoms with Crippen molar-refractivity contribution in [1.29, 1.82) is 0 Å². The average molecular weight is 292 g/mol. The van der Waals surface area contributed by atoms with Crippen molar-refractivity contribution in [3.05, 3.63) is 60.9 Å². The van der Waals surface area contributed by atoms with Crippen molar-refractivity contribution in [1.82, 2.24) is 19.7 Å². The molecule has 108 valence electrons. The molecule has 0 amide bonds. The van der Waals surface area contributed by atoms with Crippen LogP contribution in [0.5, 0.6) is 0 Å². The van der Waals surface area contributed by atoms with Gasteiger partial charge in [-0.05, 0) is 23.8 Å². The molecule has 5 heteroatoms. The molecule has 4 rings (SSSR count). The molecule has 0 aliphatic heterocycles. The maximum atomic E-state index is 13.1. The lowest BCUT2D eigenvalue weighted by atomic mass is 10.0. The molecule has 22 heavy (non-hydrogen) atoms. The van der Waals surface area contributed by atoms with Crippen molar-refractivity contribution in [2.24, 2.45) is 7.05 Å². The summed E-state index contributed by atoms with van der Waals surface area (Å²) >= 11 is 0. The SMILES string of the molecule is Cn1cc(-c2cnc3[nH]cc(-c4ccc(F)cc4)c3c2)cn1. The first-order valence-corrected chi connectivity index (χ1v) is 6.93. The summed E-state index contributed by atoms with van der Waals surface area (Å²) in [5.74, 6) is -0.238. The van der Waals surface area contributed by atoms with Gasteiger partial charge in [-0.2, -0.15) is 5.10 Å². The van der Waals surface area contributed by atoms with Crippen LogP contribution in [-0.2, 0) is 7.05 Å². The van der Waals surface area contributed by atoms with Crippen molar-refractivity contribution in [3.8, 4) is 22.3 Å². The molecular weight excluding hydrogens is 279 g/mol. The minimum absolute atomic E-state index is 0.238. The van der Waals surface area contributed by atoms with Crippen LogP contribution >= 0.6 is 0 Å². The van der Waals surface area contributed by atoms with Crippen molar-refractivity contribution in [3.63, 3.8) is 0 Å². The molecule has 0 bridgehead atoms. The molecule has 3 aromatic heterocycles. The third-order valence-corrected chi connectivity index (χ3v) is 3.72. The minimum atomic E-state index is -0.238. The molecule has 0 spiro atoms. The number of nitrogens with one attached hydrogen (secondary N) is 1. The Kier molecular flexibility index (Phi) is 2.79. The minimum Gasteiger partial charge on any atom is -0.346 e. The number of pyridine rings is 1. The van der Waals surface area contributed by atoms with E-state index in [1.54, 1.807) is 16.8 Å². The summed E-state index contributed by atoms with van der Waals surface area (Å²) in [6, 6.07) is 8.55. The third kappa shape index (κ3) is 2.07. The van der Waals surface area contributed by atoms with Gasteiger partial charge in [0.25, 0.3) is 0 Å². The van der Waals surface area contributed by atoms with Gasteiger partial charge in [0.15, 0.2) is 0 Å². The maximum absolute atomic E-state index is 13.1. The normalized spacial score (nSPS) is 11.2. The van der Waals surface area contributed by atoms with E-state index in [9.17, 15) is 4.39 Å². The molecule has 4 aromatic rings. The lowest BCUT2D eigenvalue weighted by Crippen LogP contribution is -1.84. The van der Waals surface area contributed by atoms with Crippen LogP contribution in [0, 0.1) is 5.82 Å². The highest BCUT2D eigenvalue weighted by atomic mass is 19.1. The van der Waals surface area contributed by atoms with Crippen LogP contribution in [0.15, 0.2) is 55.1 Å². The molecule has 0 aliphatic rings. The molecule has 0 aliphatic carbocycles. The average Bonchev–Trinajstić information content (AvgIpc) is 3.14. The van der Waals surface area contributed by atoms with E-state index in [0.29, 0.717) is 0 Å². The number of hydrogen-bond donors (Lipinski definition) is 1. The second-order valence-corrected chi connectivity index (χ2v) is 5.23. The second kappa shape index (κ2) is 4.80. The van der Waals surface area contributed by atoms with Gasteiger partial charge in [-0.25, -0.2) is 9.37 Å². The van der Waals surface area contributed by atoms with Gasteiger partial charge in [0.1, 0.15) is 11.5 Å². The molecule has 4 nitrogen and oxygen atoms in total. The summed E-state index contributed by atoms with van der Waals surface area (Å²) < 4.78 is 14.9. The van der Waals surface area contributed by atoms with Gasteiger partial charge in [-0.15, -0.1) is 0 Å². The Morgan fingerprint density at radius 2 is 1.86 bits per heavy atom. The Morgan fingerprint density at radius 1 is 1.05 bits per heavy atom. The molecule has 0 fully saturated rings. The Labute approximate surface area is 126 Å². The van der Waals surface area contributed by atoms with Gasteiger partial charge in [0.2, 0.25) is 0 Å². The van der Waals surface area contributed by atoms with Crippen LogP contribution < -0.4 is 0 Å². The van der Waals surface area contributed by atoms with Gasteiger partial charge < -0.3 is 4.98 Å². The molecule has 0 saturated heterocycles. The zero-order chi connectivity index (χ0) is 15.1. The monoisotopic (exact) mass is 292 g/mol. The van der Waals surface area contributed by atoms with Crippen LogP contribution in [0.1, 0.15) is 0 Å². The van der Waals surface area contributed by atoms with E-state index >= 15 is 0 Å². The van der Waals surface area contributed by atoms with Gasteiger partial charge in [0, 0.05) is 47.7 Å². The standard InChI is InChI=1S/C17H13FN4/c1-22-10-13(8-21-22)12-6-15-16(9-20-17(15)19-7-12)11-2-4-14(18)5-3-11/h2-10H,1H3,(H,19,20). The first kappa shape index (κ1) is 12.8. The zero-order valence-electron chi connectivity index (χ0n) is 11.9. The molecule has 0 radical (unpaired) electrons. The van der Waals surface area contributed by atoms with Gasteiger partial charge >= 0.3 is 0 Å². The fourth-order valence-corrected chi connectivity index (χ4v) is 2.60. The first-order valence-electron chi connectivity index (χ1n) is 6.93. The predicted molar refractivity (Wildman–Crippen MR) is 83.7 cm³/mol. The molecular formula is C17H13FN4. The first-order chi connectivity index (χ1) is 10.7. The Morgan fingerprint density at radius 3 is 2.59 bits per heavy atom. The predicted octanol–water partition coefficient (Wildman–Crippen LogP) is 3.77. The number of aryl methyl sites for hydroxylation is 1. The van der Waals surface area contributed by atoms with E-state index in [-0.39, 0.29) is 5.82 Å². The number of aromatic amines is 1. The van der Waals surface area contributed by atoms with Crippen molar-refractivity contribution < 1.29 is 4.39 Å². The summed E-state index contributed by atoms with van der Waals surface area (Å²) in [5, 5.41) is 5.20. The van der Waals surface area contributed by atoms with E-state index in [1.165, 1.54) is 12.1 Å². The van der Waals surface area contributed by atoms with E-state index in [2.05, 4.69) is 21.1 Å². The highest BCUT2D eigenvalue weighted by molar-refractivity contribution is 5.95. The molecule has 3 heterocycles. The van der Waals surface area contributed by atoms with Gasteiger partial charge in [-0.1, -0.05) is 12.1 Å². The molecule has 1 N–H and O–H groups in total. The molecule has 0 saturated carbocycles. The highest BCUT2D eigenvalue weighted by Gasteiger charge is 2.10. The molecule has 0 atom stereocenters. The molecule has 0 unspecified atom stereocenters. The second-order valence-electron chi connectivity index (χ2n) is 5.23. The Bertz CT molecular complexity index is 950. The number of benzene rings is 1. The fraction of sp³-hybridized carbons (Fsp3) is 0.0588. The molecule has 1 aromatic carbocycles. The number of aromatic nitrogens is 4. The number of hydrogen-bond acceptors (Lipinski definition) is 2. The van der Waals surface area contributed by atoms with Crippen LogP contribution in [-0.4, -0.2) is 19.7 Å². The van der Waals surface area contributed by atoms with Crippen molar-refractivity contribution in [2.75, 3.05) is 0 Å². The largest absolute Gasteiger partial charge is 0.346 e. The van der Waals surface area contributed by atoms with Gasteiger partial charge in [-0.3, -0.25) is 4.68 Å². The number of halogens is 1. The number of H-pyrrole nitrogens is 1. The summed E-state index contributed by atoms with van der Waals surface area (Å²) in [7, 11) is 1.88. The van der Waals surface area contributed by atoms with Crippen LogP contribution in [0.2, 0.25) is 0 Å².